The molecule has 5 rings (SSSR count). The highest BCUT2D eigenvalue weighted by molar-refractivity contribution is 6.30. The van der Waals surface area contributed by atoms with Crippen LogP contribution in [0.3, 0.4) is 0 Å². The maximum atomic E-state index is 12.6. The van der Waals surface area contributed by atoms with E-state index in [0.29, 0.717) is 42.7 Å². The van der Waals surface area contributed by atoms with Gasteiger partial charge in [-0.25, -0.2) is 0 Å². The van der Waals surface area contributed by atoms with Crippen molar-refractivity contribution in [3.8, 4) is 11.5 Å². The third-order valence-corrected chi connectivity index (χ3v) is 7.48. The topological polar surface area (TPSA) is 50.8 Å². The number of halogens is 1. The molecule has 1 atom stereocenters. The van der Waals surface area contributed by atoms with E-state index in [-0.39, 0.29) is 11.3 Å². The van der Waals surface area contributed by atoms with Gasteiger partial charge in [0, 0.05) is 29.1 Å². The van der Waals surface area contributed by atoms with Crippen molar-refractivity contribution in [3.05, 3.63) is 94.5 Å². The molecule has 3 aromatic rings. The number of nitrogens with one attached hydrogen (secondary N) is 1. The minimum absolute atomic E-state index is 0.0673. The van der Waals surface area contributed by atoms with Gasteiger partial charge in [-0.15, -0.1) is 0 Å². The third kappa shape index (κ3) is 4.22. The monoisotopic (exact) mass is 502 g/mol. The van der Waals surface area contributed by atoms with Crippen molar-refractivity contribution in [1.29, 1.82) is 0 Å². The summed E-state index contributed by atoms with van der Waals surface area (Å²) in [5, 5.41) is 4.03. The Morgan fingerprint density at radius 2 is 1.81 bits per heavy atom. The molecular weight excluding hydrogens is 472 g/mol. The number of hydrogen-bond acceptors (Lipinski definition) is 4. The Bertz CT molecular complexity index is 1300. The minimum atomic E-state index is -0.651. The summed E-state index contributed by atoms with van der Waals surface area (Å²) in [5.74, 6) is 1.44. The molecule has 0 unspecified atom stereocenters. The van der Waals surface area contributed by atoms with Gasteiger partial charge in [0.1, 0.15) is 12.3 Å². The zero-order valence-corrected chi connectivity index (χ0v) is 21.6. The van der Waals surface area contributed by atoms with Crippen molar-refractivity contribution >= 4 is 29.3 Å². The average Bonchev–Trinajstić information content (AvgIpc) is 3.07. The number of fused-ring (bicyclic) bond motifs is 3. The standard InChI is InChI=1S/C30H31ClN2O3/c1-4-35-27-19-21(11-14-26(27)36-20-22-9-12-23(31)13-10-22)15-17-30-29(2,3)24-7-5-6-8-25(24)33(30)18-16-28(34)32-30/h5-15,17,19H,4,16,18,20H2,1-3H3,(H,32,34)/b17-15+/t30-/m1/s1. The first-order chi connectivity index (χ1) is 17.3. The minimum Gasteiger partial charge on any atom is -0.490 e. The van der Waals surface area contributed by atoms with Crippen LogP contribution in [0.5, 0.6) is 11.5 Å². The van der Waals surface area contributed by atoms with Crippen LogP contribution in [-0.4, -0.2) is 24.7 Å². The molecule has 1 amide bonds. The molecule has 0 bridgehead atoms. The zero-order chi connectivity index (χ0) is 25.3. The number of nitrogens with zero attached hydrogens (tertiary/aromatic N) is 1. The van der Waals surface area contributed by atoms with E-state index in [2.05, 4.69) is 60.5 Å². The molecule has 2 aliphatic heterocycles. The van der Waals surface area contributed by atoms with Crippen LogP contribution in [-0.2, 0) is 16.8 Å². The van der Waals surface area contributed by atoms with Gasteiger partial charge in [-0.05, 0) is 60.0 Å². The Balaban J connectivity index is 1.44. The lowest BCUT2D eigenvalue weighted by Crippen LogP contribution is -2.68. The van der Waals surface area contributed by atoms with Gasteiger partial charge in [0.2, 0.25) is 5.91 Å². The summed E-state index contributed by atoms with van der Waals surface area (Å²) in [4.78, 5) is 15.0. The highest BCUT2D eigenvalue weighted by Crippen LogP contribution is 2.52. The SMILES string of the molecule is CCOc1cc(/C=C/[C@@]23NC(=O)CCN2c2ccccc2C3(C)C)ccc1OCc1ccc(Cl)cc1. The summed E-state index contributed by atoms with van der Waals surface area (Å²) in [6, 6.07) is 22.0. The number of rotatable bonds is 7. The van der Waals surface area contributed by atoms with Gasteiger partial charge in [-0.3, -0.25) is 4.79 Å². The van der Waals surface area contributed by atoms with E-state index in [9.17, 15) is 4.79 Å². The van der Waals surface area contributed by atoms with E-state index in [1.54, 1.807) is 0 Å². The quantitative estimate of drug-likeness (QED) is 0.409. The maximum Gasteiger partial charge on any atom is 0.223 e. The summed E-state index contributed by atoms with van der Waals surface area (Å²) in [6.45, 7) is 7.97. The number of carbonyl (C=O) groups is 1. The van der Waals surface area contributed by atoms with Crippen LogP contribution in [0.4, 0.5) is 5.69 Å². The molecule has 2 aliphatic rings. The second-order valence-corrected chi connectivity index (χ2v) is 10.2. The number of para-hydroxylation sites is 1. The molecule has 6 heteroatoms. The first-order valence-electron chi connectivity index (χ1n) is 12.4. The predicted octanol–water partition coefficient (Wildman–Crippen LogP) is 6.34. The normalized spacial score (nSPS) is 20.1. The maximum absolute atomic E-state index is 12.6. The summed E-state index contributed by atoms with van der Waals surface area (Å²) >= 11 is 5.99. The lowest BCUT2D eigenvalue weighted by atomic mass is 9.74. The summed E-state index contributed by atoms with van der Waals surface area (Å²) in [5.41, 5.74) is 3.44. The van der Waals surface area contributed by atoms with E-state index in [4.69, 9.17) is 21.1 Å². The van der Waals surface area contributed by atoms with E-state index < -0.39 is 5.66 Å². The van der Waals surface area contributed by atoms with Gasteiger partial charge < -0.3 is 19.7 Å². The van der Waals surface area contributed by atoms with Crippen molar-refractivity contribution < 1.29 is 14.3 Å². The van der Waals surface area contributed by atoms with Crippen LogP contribution in [0.25, 0.3) is 6.08 Å². The summed E-state index contributed by atoms with van der Waals surface area (Å²) in [7, 11) is 0. The molecule has 0 aromatic heterocycles. The molecular formula is C30H31ClN2O3. The van der Waals surface area contributed by atoms with Crippen LogP contribution >= 0.6 is 11.6 Å². The van der Waals surface area contributed by atoms with Crippen molar-refractivity contribution in [2.24, 2.45) is 0 Å². The number of amides is 1. The fraction of sp³-hybridized carbons (Fsp3) is 0.300. The highest BCUT2D eigenvalue weighted by atomic mass is 35.5. The van der Waals surface area contributed by atoms with Crippen molar-refractivity contribution in [2.75, 3.05) is 18.1 Å². The molecule has 1 fully saturated rings. The van der Waals surface area contributed by atoms with Gasteiger partial charge in [0.05, 0.1) is 6.61 Å². The summed E-state index contributed by atoms with van der Waals surface area (Å²) in [6.07, 6.45) is 4.68. The Morgan fingerprint density at radius 3 is 2.58 bits per heavy atom. The zero-order valence-electron chi connectivity index (χ0n) is 20.9. The fourth-order valence-corrected chi connectivity index (χ4v) is 5.42. The molecule has 0 saturated carbocycles. The second-order valence-electron chi connectivity index (χ2n) is 9.75. The fourth-order valence-electron chi connectivity index (χ4n) is 5.29. The molecule has 186 valence electrons. The molecule has 36 heavy (non-hydrogen) atoms. The van der Waals surface area contributed by atoms with Gasteiger partial charge in [-0.1, -0.05) is 67.9 Å². The van der Waals surface area contributed by atoms with Gasteiger partial charge >= 0.3 is 0 Å². The lowest BCUT2D eigenvalue weighted by molar-refractivity contribution is -0.124. The molecule has 0 spiro atoms. The third-order valence-electron chi connectivity index (χ3n) is 7.23. The number of anilines is 1. The Kier molecular flexibility index (Phi) is 6.44. The highest BCUT2D eigenvalue weighted by Gasteiger charge is 2.57. The van der Waals surface area contributed by atoms with Crippen molar-refractivity contribution in [1.82, 2.24) is 5.32 Å². The number of hydrogen-bond donors (Lipinski definition) is 1. The van der Waals surface area contributed by atoms with Crippen molar-refractivity contribution in [3.63, 3.8) is 0 Å². The molecule has 0 aliphatic carbocycles. The molecule has 0 radical (unpaired) electrons. The van der Waals surface area contributed by atoms with Crippen LogP contribution in [0.15, 0.2) is 72.8 Å². The van der Waals surface area contributed by atoms with Crippen LogP contribution < -0.4 is 19.7 Å². The van der Waals surface area contributed by atoms with Gasteiger partial charge in [0.15, 0.2) is 11.5 Å². The second kappa shape index (κ2) is 9.55. The smallest absolute Gasteiger partial charge is 0.223 e. The lowest BCUT2D eigenvalue weighted by Gasteiger charge is -2.49. The van der Waals surface area contributed by atoms with E-state index in [0.717, 1.165) is 11.1 Å². The number of benzene rings is 3. The Labute approximate surface area is 217 Å². The van der Waals surface area contributed by atoms with Crippen LogP contribution in [0, 0.1) is 0 Å². The van der Waals surface area contributed by atoms with Crippen LogP contribution in [0.2, 0.25) is 5.02 Å². The van der Waals surface area contributed by atoms with E-state index >= 15 is 0 Å². The van der Waals surface area contributed by atoms with Crippen LogP contribution in [0.1, 0.15) is 43.9 Å². The molecule has 2 heterocycles. The number of carbonyl (C=O) groups excluding carboxylic acids is 1. The predicted molar refractivity (Wildman–Crippen MR) is 145 cm³/mol. The van der Waals surface area contributed by atoms with Gasteiger partial charge in [-0.2, -0.15) is 0 Å². The molecule has 5 nitrogen and oxygen atoms in total. The number of ether oxygens (including phenoxy) is 2. The van der Waals surface area contributed by atoms with Gasteiger partial charge in [0.25, 0.3) is 0 Å². The average molecular weight is 503 g/mol. The van der Waals surface area contributed by atoms with E-state index in [1.807, 2.05) is 49.4 Å². The first-order valence-corrected chi connectivity index (χ1v) is 12.7. The molecule has 1 N–H and O–H groups in total. The summed E-state index contributed by atoms with van der Waals surface area (Å²) < 4.78 is 12.0. The Morgan fingerprint density at radius 1 is 1.03 bits per heavy atom. The Hall–Kier alpha value is -3.44. The van der Waals surface area contributed by atoms with E-state index in [1.165, 1.54) is 11.3 Å². The largest absolute Gasteiger partial charge is 0.490 e. The molecule has 3 aromatic carbocycles. The molecule has 1 saturated heterocycles. The first kappa shape index (κ1) is 24.3. The van der Waals surface area contributed by atoms with Crippen molar-refractivity contribution in [2.45, 2.75) is 44.9 Å².